The van der Waals surface area contributed by atoms with Crippen LogP contribution in [0.25, 0.3) is 28.1 Å². The molecular weight excluding hydrogens is 470 g/mol. The molecule has 0 aliphatic rings. The van der Waals surface area contributed by atoms with Gasteiger partial charge < -0.3 is 5.32 Å². The first-order valence-corrected chi connectivity index (χ1v) is 11.0. The summed E-state index contributed by atoms with van der Waals surface area (Å²) < 4.78 is 28.9. The number of carbonyl (C=O) groups is 1. The van der Waals surface area contributed by atoms with E-state index in [0.29, 0.717) is 33.3 Å². The Labute approximate surface area is 204 Å². The second-order valence-corrected chi connectivity index (χ2v) is 8.09. The Hall–Kier alpha value is -4.36. The molecule has 5 nitrogen and oxygen atoms in total. The number of halogens is 3. The Bertz CT molecular complexity index is 1520. The average Bonchev–Trinajstić information content (AvgIpc) is 3.28. The van der Waals surface area contributed by atoms with Gasteiger partial charge in [0.05, 0.1) is 16.4 Å². The van der Waals surface area contributed by atoms with Crippen LogP contribution in [0, 0.1) is 11.6 Å². The van der Waals surface area contributed by atoms with Gasteiger partial charge in [0, 0.05) is 23.9 Å². The van der Waals surface area contributed by atoms with Crippen molar-refractivity contribution in [2.75, 3.05) is 5.32 Å². The number of aromatic nitrogens is 3. The van der Waals surface area contributed by atoms with Crippen LogP contribution in [0.15, 0.2) is 97.2 Å². The molecule has 2 heterocycles. The van der Waals surface area contributed by atoms with E-state index in [1.807, 2.05) is 36.4 Å². The largest absolute Gasteiger partial charge is 0.305 e. The molecule has 0 fully saturated rings. The number of pyridine rings is 1. The Morgan fingerprint density at radius 2 is 1.51 bits per heavy atom. The smallest absolute Gasteiger partial charge is 0.275 e. The quantitative estimate of drug-likeness (QED) is 0.297. The number of hydrogen-bond acceptors (Lipinski definition) is 3. The molecule has 0 aliphatic heterocycles. The second kappa shape index (κ2) is 9.48. The topological polar surface area (TPSA) is 59.8 Å². The number of nitrogens with zero attached hydrogens (tertiary/aromatic N) is 3. The molecule has 0 spiro atoms. The van der Waals surface area contributed by atoms with Crippen LogP contribution in [0.2, 0.25) is 5.02 Å². The number of para-hydroxylation sites is 1. The second-order valence-electron chi connectivity index (χ2n) is 7.69. The van der Waals surface area contributed by atoms with E-state index in [4.69, 9.17) is 11.6 Å². The van der Waals surface area contributed by atoms with Crippen LogP contribution in [0.4, 0.5) is 14.6 Å². The monoisotopic (exact) mass is 486 g/mol. The van der Waals surface area contributed by atoms with E-state index < -0.39 is 17.5 Å². The SMILES string of the molecule is O=C(Nc1cc(-c2ccccc2)nn1-c1ccccc1Cl)c1cc(-c2cc(F)cc(F)c2)ccn1. The van der Waals surface area contributed by atoms with Gasteiger partial charge in [-0.1, -0.05) is 54.1 Å². The third-order valence-corrected chi connectivity index (χ3v) is 5.61. The van der Waals surface area contributed by atoms with E-state index in [1.165, 1.54) is 24.4 Å². The lowest BCUT2D eigenvalue weighted by molar-refractivity contribution is 0.102. The lowest BCUT2D eigenvalue weighted by Gasteiger charge is -2.10. The maximum absolute atomic E-state index is 13.7. The summed E-state index contributed by atoms with van der Waals surface area (Å²) in [5.41, 5.74) is 2.91. The van der Waals surface area contributed by atoms with Gasteiger partial charge in [-0.15, -0.1) is 0 Å². The minimum Gasteiger partial charge on any atom is -0.305 e. The lowest BCUT2D eigenvalue weighted by Crippen LogP contribution is -2.16. The fraction of sp³-hybridized carbons (Fsp3) is 0. The summed E-state index contributed by atoms with van der Waals surface area (Å²) in [7, 11) is 0. The fourth-order valence-electron chi connectivity index (χ4n) is 3.66. The first kappa shape index (κ1) is 22.4. The molecule has 5 aromatic rings. The minimum atomic E-state index is -0.708. The van der Waals surface area contributed by atoms with Gasteiger partial charge in [-0.2, -0.15) is 5.10 Å². The van der Waals surface area contributed by atoms with Crippen molar-refractivity contribution in [1.82, 2.24) is 14.8 Å². The summed E-state index contributed by atoms with van der Waals surface area (Å²) in [6.07, 6.45) is 1.41. The van der Waals surface area contributed by atoms with Gasteiger partial charge in [0.2, 0.25) is 0 Å². The van der Waals surface area contributed by atoms with Crippen LogP contribution in [0.5, 0.6) is 0 Å². The van der Waals surface area contributed by atoms with Crippen molar-refractivity contribution in [3.05, 3.63) is 120 Å². The molecule has 0 bridgehead atoms. The first-order chi connectivity index (χ1) is 17.0. The van der Waals surface area contributed by atoms with Gasteiger partial charge in [-0.05, 0) is 47.5 Å². The summed E-state index contributed by atoms with van der Waals surface area (Å²) in [6, 6.07) is 24.6. The van der Waals surface area contributed by atoms with E-state index in [0.717, 1.165) is 11.6 Å². The Kier molecular flexibility index (Phi) is 6.08. The van der Waals surface area contributed by atoms with Crippen LogP contribution in [-0.4, -0.2) is 20.7 Å². The zero-order valence-electron chi connectivity index (χ0n) is 18.1. The molecule has 8 heteroatoms. The Morgan fingerprint density at radius 3 is 2.26 bits per heavy atom. The first-order valence-electron chi connectivity index (χ1n) is 10.6. The number of anilines is 1. The van der Waals surface area contributed by atoms with Gasteiger partial charge in [-0.25, -0.2) is 13.5 Å². The minimum absolute atomic E-state index is 0.0698. The molecule has 1 N–H and O–H groups in total. The fourth-order valence-corrected chi connectivity index (χ4v) is 3.88. The molecule has 0 unspecified atom stereocenters. The van der Waals surface area contributed by atoms with Crippen molar-refractivity contribution in [3.8, 4) is 28.1 Å². The number of benzene rings is 3. The van der Waals surface area contributed by atoms with Crippen molar-refractivity contribution in [2.24, 2.45) is 0 Å². The average molecular weight is 487 g/mol. The molecular formula is C27H17ClF2N4O. The van der Waals surface area contributed by atoms with E-state index in [-0.39, 0.29) is 5.69 Å². The summed E-state index contributed by atoms with van der Waals surface area (Å²) in [5, 5.41) is 7.95. The highest BCUT2D eigenvalue weighted by Crippen LogP contribution is 2.29. The maximum Gasteiger partial charge on any atom is 0.275 e. The van der Waals surface area contributed by atoms with Crippen LogP contribution in [-0.2, 0) is 0 Å². The van der Waals surface area contributed by atoms with Crippen LogP contribution in [0.3, 0.4) is 0 Å². The molecule has 2 aromatic heterocycles. The number of nitrogens with one attached hydrogen (secondary N) is 1. The van der Waals surface area contributed by atoms with E-state index in [1.54, 1.807) is 35.0 Å². The zero-order chi connectivity index (χ0) is 24.4. The van der Waals surface area contributed by atoms with Crippen LogP contribution < -0.4 is 5.32 Å². The molecule has 0 saturated heterocycles. The molecule has 0 radical (unpaired) electrons. The normalized spacial score (nSPS) is 10.8. The van der Waals surface area contributed by atoms with E-state index in [2.05, 4.69) is 15.4 Å². The number of rotatable bonds is 5. The van der Waals surface area contributed by atoms with Gasteiger partial charge in [0.15, 0.2) is 0 Å². The maximum atomic E-state index is 13.7. The van der Waals surface area contributed by atoms with Crippen molar-refractivity contribution >= 4 is 23.3 Å². The molecule has 172 valence electrons. The summed E-state index contributed by atoms with van der Waals surface area (Å²) in [4.78, 5) is 17.3. The molecule has 0 atom stereocenters. The number of carbonyl (C=O) groups excluding carboxylic acids is 1. The highest BCUT2D eigenvalue weighted by atomic mass is 35.5. The van der Waals surface area contributed by atoms with E-state index in [9.17, 15) is 13.6 Å². The Morgan fingerprint density at radius 1 is 0.800 bits per heavy atom. The van der Waals surface area contributed by atoms with Crippen molar-refractivity contribution in [2.45, 2.75) is 0 Å². The molecule has 0 aliphatic carbocycles. The predicted octanol–water partition coefficient (Wildman–Crippen LogP) is 6.79. The van der Waals surface area contributed by atoms with Crippen molar-refractivity contribution in [1.29, 1.82) is 0 Å². The van der Waals surface area contributed by atoms with Crippen molar-refractivity contribution in [3.63, 3.8) is 0 Å². The van der Waals surface area contributed by atoms with Gasteiger partial charge >= 0.3 is 0 Å². The van der Waals surface area contributed by atoms with Crippen molar-refractivity contribution < 1.29 is 13.6 Å². The van der Waals surface area contributed by atoms with E-state index >= 15 is 0 Å². The summed E-state index contributed by atoms with van der Waals surface area (Å²) in [5.74, 6) is -1.55. The van der Waals surface area contributed by atoms with Gasteiger partial charge in [-0.3, -0.25) is 9.78 Å². The third kappa shape index (κ3) is 4.81. The molecule has 0 saturated carbocycles. The predicted molar refractivity (Wildman–Crippen MR) is 132 cm³/mol. The third-order valence-electron chi connectivity index (χ3n) is 5.29. The summed E-state index contributed by atoms with van der Waals surface area (Å²) in [6.45, 7) is 0. The van der Waals surface area contributed by atoms with Gasteiger partial charge in [0.1, 0.15) is 23.1 Å². The number of amides is 1. The van der Waals surface area contributed by atoms with Crippen LogP contribution >= 0.6 is 11.6 Å². The molecule has 5 rings (SSSR count). The Balaban J connectivity index is 1.52. The van der Waals surface area contributed by atoms with Crippen LogP contribution in [0.1, 0.15) is 10.5 Å². The standard InChI is InChI=1S/C27H17ClF2N4O/c28-22-8-4-5-9-25(22)34-26(16-23(33-34)17-6-2-1-3-7-17)32-27(35)24-14-18(10-11-31-24)19-12-20(29)15-21(30)13-19/h1-16H,(H,32,35). The molecule has 35 heavy (non-hydrogen) atoms. The lowest BCUT2D eigenvalue weighted by atomic mass is 10.1. The highest BCUT2D eigenvalue weighted by Gasteiger charge is 2.17. The highest BCUT2D eigenvalue weighted by molar-refractivity contribution is 6.32. The zero-order valence-corrected chi connectivity index (χ0v) is 18.9. The summed E-state index contributed by atoms with van der Waals surface area (Å²) >= 11 is 6.41. The molecule has 3 aromatic carbocycles. The number of hydrogen-bond donors (Lipinski definition) is 1. The van der Waals surface area contributed by atoms with Gasteiger partial charge in [0.25, 0.3) is 5.91 Å². The molecule has 1 amide bonds.